The third kappa shape index (κ3) is 5.36. The second-order valence-corrected chi connectivity index (χ2v) is 5.29. The van der Waals surface area contributed by atoms with Crippen LogP contribution in [0.4, 0.5) is 0 Å². The zero-order chi connectivity index (χ0) is 13.9. The van der Waals surface area contributed by atoms with E-state index >= 15 is 0 Å². The number of aliphatic hydroxyl groups is 2. The Kier molecular flexibility index (Phi) is 5.41. The average molecular weight is 246 g/mol. The normalized spacial score (nSPS) is 17.4. The molecule has 0 amide bonds. The van der Waals surface area contributed by atoms with Crippen LogP contribution in [0.3, 0.4) is 0 Å². The van der Waals surface area contributed by atoms with Crippen LogP contribution < -0.4 is 11.5 Å². The number of carbonyl (C=O) groups excluding carboxylic acids is 2. The molecule has 0 aliphatic carbocycles. The molecule has 0 heterocycles. The van der Waals surface area contributed by atoms with Crippen molar-refractivity contribution in [1.82, 2.24) is 0 Å². The summed E-state index contributed by atoms with van der Waals surface area (Å²) in [5.74, 6) is -1.16. The van der Waals surface area contributed by atoms with Crippen molar-refractivity contribution in [3.63, 3.8) is 0 Å². The summed E-state index contributed by atoms with van der Waals surface area (Å²) in [4.78, 5) is 23.0. The Morgan fingerprint density at radius 3 is 2.12 bits per heavy atom. The molecule has 0 saturated carbocycles. The monoisotopic (exact) mass is 246 g/mol. The number of hydrogen-bond donors (Lipinski definition) is 4. The van der Waals surface area contributed by atoms with Gasteiger partial charge in [-0.25, -0.2) is 0 Å². The van der Waals surface area contributed by atoms with Gasteiger partial charge in [0.15, 0.2) is 11.5 Å². The number of hydrogen-bond acceptors (Lipinski definition) is 6. The lowest BCUT2D eigenvalue weighted by Crippen LogP contribution is -2.55. The van der Waals surface area contributed by atoms with Crippen LogP contribution in [-0.4, -0.2) is 40.2 Å². The molecule has 0 aliphatic rings. The number of Topliss-reactive ketones (excluding diaryl/α,β-unsaturated/α-hetero) is 2. The predicted molar refractivity (Wildman–Crippen MR) is 62.9 cm³/mol. The smallest absolute Gasteiger partial charge is 0.195 e. The minimum absolute atomic E-state index is 0.0369. The van der Waals surface area contributed by atoms with E-state index in [1.807, 2.05) is 0 Å². The van der Waals surface area contributed by atoms with E-state index in [1.165, 1.54) is 6.92 Å². The molecule has 6 N–H and O–H groups in total. The summed E-state index contributed by atoms with van der Waals surface area (Å²) in [6.07, 6.45) is -0.452. The van der Waals surface area contributed by atoms with Crippen LogP contribution in [0.15, 0.2) is 0 Å². The van der Waals surface area contributed by atoms with E-state index in [0.717, 1.165) is 0 Å². The minimum atomic E-state index is -2.23. The van der Waals surface area contributed by atoms with Crippen LogP contribution in [0.2, 0.25) is 0 Å². The fourth-order valence-corrected chi connectivity index (χ4v) is 1.43. The highest BCUT2D eigenvalue weighted by Crippen LogP contribution is 2.21. The van der Waals surface area contributed by atoms with Crippen molar-refractivity contribution in [1.29, 1.82) is 0 Å². The van der Waals surface area contributed by atoms with E-state index < -0.39 is 29.4 Å². The Labute approximate surface area is 101 Å². The van der Waals surface area contributed by atoms with Gasteiger partial charge >= 0.3 is 0 Å². The Morgan fingerprint density at radius 1 is 1.29 bits per heavy atom. The average Bonchev–Trinajstić information content (AvgIpc) is 2.14. The van der Waals surface area contributed by atoms with Crippen LogP contribution in [0.1, 0.15) is 33.6 Å². The maximum absolute atomic E-state index is 11.6. The van der Waals surface area contributed by atoms with E-state index in [4.69, 9.17) is 16.6 Å². The predicted octanol–water partition coefficient (Wildman–Crippen LogP) is -1.08. The summed E-state index contributed by atoms with van der Waals surface area (Å²) in [7, 11) is 0. The first-order valence-electron chi connectivity index (χ1n) is 5.45. The molecule has 6 nitrogen and oxygen atoms in total. The first-order chi connectivity index (χ1) is 7.52. The fraction of sp³-hybridized carbons (Fsp3) is 0.818. The highest BCUT2D eigenvalue weighted by atomic mass is 16.3. The highest BCUT2D eigenvalue weighted by Gasteiger charge is 2.36. The van der Waals surface area contributed by atoms with Crippen molar-refractivity contribution in [3.05, 3.63) is 0 Å². The van der Waals surface area contributed by atoms with E-state index in [0.29, 0.717) is 0 Å². The summed E-state index contributed by atoms with van der Waals surface area (Å²) in [5, 5.41) is 18.7. The van der Waals surface area contributed by atoms with Crippen LogP contribution >= 0.6 is 0 Å². The first-order valence-corrected chi connectivity index (χ1v) is 5.45. The van der Waals surface area contributed by atoms with Gasteiger partial charge in [0.2, 0.25) is 0 Å². The maximum atomic E-state index is 11.6. The second kappa shape index (κ2) is 5.68. The molecule has 6 heteroatoms. The maximum Gasteiger partial charge on any atom is 0.195 e. The Morgan fingerprint density at radius 2 is 1.76 bits per heavy atom. The van der Waals surface area contributed by atoms with Gasteiger partial charge in [0, 0.05) is 13.0 Å². The van der Waals surface area contributed by atoms with Gasteiger partial charge in [-0.1, -0.05) is 13.8 Å². The van der Waals surface area contributed by atoms with Gasteiger partial charge in [-0.05, 0) is 12.3 Å². The molecule has 0 rings (SSSR count). The zero-order valence-electron chi connectivity index (χ0n) is 10.6. The van der Waals surface area contributed by atoms with Gasteiger partial charge in [-0.3, -0.25) is 15.3 Å². The zero-order valence-corrected chi connectivity index (χ0v) is 10.6. The molecule has 17 heavy (non-hydrogen) atoms. The molecule has 0 radical (unpaired) electrons. The van der Waals surface area contributed by atoms with Gasteiger partial charge < -0.3 is 15.9 Å². The largest absolute Gasteiger partial charge is 0.396 e. The standard InChI is InChI=1S/C11H22N2O4/c1-7(12)9(16)11(13,17)5-8(15)4-10(2,3)6-14/h7,14,17H,4-6,12-13H2,1-3H3/t7-,11?/m0/s1. The molecule has 0 aromatic carbocycles. The van der Waals surface area contributed by atoms with E-state index in [-0.39, 0.29) is 18.8 Å². The molecule has 0 spiro atoms. The minimum Gasteiger partial charge on any atom is -0.396 e. The molecular formula is C11H22N2O4. The van der Waals surface area contributed by atoms with Gasteiger partial charge in [0.05, 0.1) is 12.5 Å². The molecule has 0 bridgehead atoms. The Hall–Kier alpha value is -0.820. The second-order valence-electron chi connectivity index (χ2n) is 5.29. The van der Waals surface area contributed by atoms with Crippen LogP contribution in [-0.2, 0) is 9.59 Å². The Bertz CT molecular complexity index is 298. The van der Waals surface area contributed by atoms with E-state index in [9.17, 15) is 14.7 Å². The number of nitrogens with two attached hydrogens (primary N) is 2. The third-order valence-electron chi connectivity index (χ3n) is 2.41. The molecule has 0 aliphatic heterocycles. The van der Waals surface area contributed by atoms with E-state index in [2.05, 4.69) is 0 Å². The number of carbonyl (C=O) groups is 2. The van der Waals surface area contributed by atoms with E-state index in [1.54, 1.807) is 13.8 Å². The quantitative estimate of drug-likeness (QED) is 0.423. The lowest BCUT2D eigenvalue weighted by atomic mass is 9.85. The summed E-state index contributed by atoms with van der Waals surface area (Å²) in [6.45, 7) is 4.63. The molecule has 100 valence electrons. The van der Waals surface area contributed by atoms with Gasteiger partial charge in [0.1, 0.15) is 5.78 Å². The summed E-state index contributed by atoms with van der Waals surface area (Å²) < 4.78 is 0. The molecule has 0 saturated heterocycles. The first kappa shape index (κ1) is 16.2. The van der Waals surface area contributed by atoms with Crippen LogP contribution in [0, 0.1) is 5.41 Å². The van der Waals surface area contributed by atoms with Crippen molar-refractivity contribution in [2.45, 2.75) is 45.4 Å². The third-order valence-corrected chi connectivity index (χ3v) is 2.41. The van der Waals surface area contributed by atoms with Crippen molar-refractivity contribution < 1.29 is 19.8 Å². The number of rotatable bonds is 7. The summed E-state index contributed by atoms with van der Waals surface area (Å²) in [5.41, 5.74) is 7.86. The molecule has 0 aromatic heterocycles. The van der Waals surface area contributed by atoms with Crippen molar-refractivity contribution in [2.24, 2.45) is 16.9 Å². The molecule has 1 unspecified atom stereocenters. The van der Waals surface area contributed by atoms with Crippen molar-refractivity contribution in [3.8, 4) is 0 Å². The summed E-state index contributed by atoms with van der Waals surface area (Å²) in [6, 6.07) is -0.927. The highest BCUT2D eigenvalue weighted by molar-refractivity contribution is 5.95. The van der Waals surface area contributed by atoms with Crippen molar-refractivity contribution in [2.75, 3.05) is 6.61 Å². The molecule has 2 atom stereocenters. The Balaban J connectivity index is 4.53. The topological polar surface area (TPSA) is 127 Å². The van der Waals surface area contributed by atoms with Gasteiger partial charge in [0.25, 0.3) is 0 Å². The molecule has 0 fully saturated rings. The van der Waals surface area contributed by atoms with Gasteiger partial charge in [-0.15, -0.1) is 0 Å². The summed E-state index contributed by atoms with van der Waals surface area (Å²) >= 11 is 0. The SMILES string of the molecule is C[C@H](N)C(=O)C(N)(O)CC(=O)CC(C)(C)CO. The number of aliphatic hydroxyl groups excluding tert-OH is 1. The fourth-order valence-electron chi connectivity index (χ4n) is 1.43. The van der Waals surface area contributed by atoms with Crippen LogP contribution in [0.5, 0.6) is 0 Å². The van der Waals surface area contributed by atoms with Gasteiger partial charge in [-0.2, -0.15) is 0 Å². The van der Waals surface area contributed by atoms with Crippen LogP contribution in [0.25, 0.3) is 0 Å². The number of ketones is 2. The molecule has 0 aromatic rings. The lowest BCUT2D eigenvalue weighted by molar-refractivity contribution is -0.143. The lowest BCUT2D eigenvalue weighted by Gasteiger charge is -2.25. The van der Waals surface area contributed by atoms with Crippen molar-refractivity contribution >= 4 is 11.6 Å². The molecular weight excluding hydrogens is 224 g/mol.